The monoisotopic (exact) mass is 104 g/mol. The van der Waals surface area contributed by atoms with E-state index in [1.54, 1.807) is 11.8 Å². The molecule has 36 valence electrons. The predicted octanol–water partition coefficient (Wildman–Crippen LogP) is 0.490. The van der Waals surface area contributed by atoms with E-state index in [-0.39, 0.29) is 0 Å². The Labute approximate surface area is 41.1 Å². The quantitative estimate of drug-likeness (QED) is 0.447. The van der Waals surface area contributed by atoms with Gasteiger partial charge in [0, 0.05) is 11.6 Å². The van der Waals surface area contributed by atoms with E-state index in [2.05, 4.69) is 0 Å². The molecule has 0 amide bonds. The predicted molar refractivity (Wildman–Crippen MR) is 27.4 cm³/mol. The van der Waals surface area contributed by atoms with E-state index >= 15 is 0 Å². The van der Waals surface area contributed by atoms with Crippen LogP contribution in [0.1, 0.15) is 0 Å². The summed E-state index contributed by atoms with van der Waals surface area (Å²) >= 11 is 1.70. The van der Waals surface area contributed by atoms with Crippen LogP contribution in [-0.2, 0) is 0 Å². The minimum absolute atomic E-state index is 0.681. The summed E-state index contributed by atoms with van der Waals surface area (Å²) < 4.78 is 0. The molecule has 0 aromatic rings. The number of nitrogens with zero attached hydrogens (tertiary/aromatic N) is 1. The van der Waals surface area contributed by atoms with Crippen LogP contribution in [0.3, 0.4) is 0 Å². The van der Waals surface area contributed by atoms with Gasteiger partial charge in [0.2, 0.25) is 0 Å². The molecular weight excluding hydrogens is 98.1 g/mol. The molecule has 0 N–H and O–H groups in total. The van der Waals surface area contributed by atoms with Crippen LogP contribution in [0.25, 0.3) is 0 Å². The zero-order chi connectivity index (χ0) is 4.41. The first-order chi connectivity index (χ1) is 2.89. The molecule has 0 radical (unpaired) electrons. The average Bonchev–Trinajstić information content (AvgIpc) is 1.86. The Morgan fingerprint density at radius 1 is 1.67 bits per heavy atom. The number of hydroxylamine groups is 2. The SMILES string of the molecule is [O-]N1CCSC1. The van der Waals surface area contributed by atoms with Crippen molar-refractivity contribution in [3.8, 4) is 0 Å². The van der Waals surface area contributed by atoms with E-state index in [4.69, 9.17) is 0 Å². The maximum absolute atomic E-state index is 10.1. The second-order valence-electron chi connectivity index (χ2n) is 1.24. The van der Waals surface area contributed by atoms with Crippen LogP contribution in [-0.4, -0.2) is 23.2 Å². The van der Waals surface area contributed by atoms with Gasteiger partial charge in [0.25, 0.3) is 0 Å². The van der Waals surface area contributed by atoms with E-state index in [1.165, 1.54) is 0 Å². The highest BCUT2D eigenvalue weighted by molar-refractivity contribution is 7.99. The Kier molecular flexibility index (Phi) is 1.34. The first kappa shape index (κ1) is 4.43. The van der Waals surface area contributed by atoms with E-state index < -0.39 is 0 Å². The number of hydrogen-bond donors (Lipinski definition) is 0. The van der Waals surface area contributed by atoms with E-state index in [0.29, 0.717) is 5.88 Å². The van der Waals surface area contributed by atoms with Crippen molar-refractivity contribution < 1.29 is 0 Å². The van der Waals surface area contributed by atoms with Crippen molar-refractivity contribution >= 4 is 11.8 Å². The van der Waals surface area contributed by atoms with Gasteiger partial charge < -0.3 is 10.3 Å². The Balaban J connectivity index is 2.18. The summed E-state index contributed by atoms with van der Waals surface area (Å²) in [5.74, 6) is 1.70. The minimum atomic E-state index is 0.681. The normalized spacial score (nSPS) is 25.5. The minimum Gasteiger partial charge on any atom is -0.785 e. The second-order valence-corrected chi connectivity index (χ2v) is 2.32. The summed E-state index contributed by atoms with van der Waals surface area (Å²) in [7, 11) is 0. The highest BCUT2D eigenvalue weighted by atomic mass is 32.2. The summed E-state index contributed by atoms with van der Waals surface area (Å²) in [6.45, 7) is 0.727. The molecule has 1 saturated heterocycles. The number of rotatable bonds is 0. The standard InChI is InChI=1S/C3H6NOS/c5-4-1-2-6-3-4/h1-3H2/q-1. The highest BCUT2D eigenvalue weighted by Gasteiger charge is 1.98. The molecule has 1 rings (SSSR count). The fraction of sp³-hybridized carbons (Fsp3) is 1.00. The molecule has 0 aromatic carbocycles. The van der Waals surface area contributed by atoms with Crippen LogP contribution in [0.4, 0.5) is 0 Å². The van der Waals surface area contributed by atoms with E-state index in [9.17, 15) is 5.21 Å². The lowest BCUT2D eigenvalue weighted by atomic mass is 10.8. The van der Waals surface area contributed by atoms with Gasteiger partial charge in [-0.3, -0.25) is 0 Å². The van der Waals surface area contributed by atoms with Crippen molar-refractivity contribution in [3.05, 3.63) is 5.21 Å². The van der Waals surface area contributed by atoms with Crippen LogP contribution in [0, 0.1) is 5.21 Å². The lowest BCUT2D eigenvalue weighted by Gasteiger charge is -2.17. The average molecular weight is 104 g/mol. The molecule has 0 aromatic heterocycles. The zero-order valence-corrected chi connectivity index (χ0v) is 4.20. The third kappa shape index (κ3) is 0.864. The molecule has 0 unspecified atom stereocenters. The van der Waals surface area contributed by atoms with Gasteiger partial charge in [-0.25, -0.2) is 0 Å². The van der Waals surface area contributed by atoms with Gasteiger partial charge in [0.15, 0.2) is 0 Å². The Morgan fingerprint density at radius 3 is 2.67 bits per heavy atom. The lowest BCUT2D eigenvalue weighted by Crippen LogP contribution is -2.08. The maximum Gasteiger partial charge on any atom is 0.0329 e. The summed E-state index contributed by atoms with van der Waals surface area (Å²) in [5.41, 5.74) is 0. The van der Waals surface area contributed by atoms with Crippen LogP contribution in [0.2, 0.25) is 0 Å². The van der Waals surface area contributed by atoms with Crippen molar-refractivity contribution in [2.45, 2.75) is 0 Å². The van der Waals surface area contributed by atoms with Gasteiger partial charge in [0.05, 0.1) is 0 Å². The molecular formula is C3H6NOS-. The molecule has 0 aliphatic carbocycles. The van der Waals surface area contributed by atoms with Crippen LogP contribution in [0.15, 0.2) is 0 Å². The molecule has 0 spiro atoms. The van der Waals surface area contributed by atoms with Crippen molar-refractivity contribution in [2.24, 2.45) is 0 Å². The third-order valence-corrected chi connectivity index (χ3v) is 1.66. The summed E-state index contributed by atoms with van der Waals surface area (Å²) in [6, 6.07) is 0. The Morgan fingerprint density at radius 2 is 2.50 bits per heavy atom. The smallest absolute Gasteiger partial charge is 0.0329 e. The van der Waals surface area contributed by atoms with Crippen LogP contribution in [0.5, 0.6) is 0 Å². The maximum atomic E-state index is 10.1. The van der Waals surface area contributed by atoms with Gasteiger partial charge in [-0.05, 0) is 6.54 Å². The molecule has 0 atom stereocenters. The van der Waals surface area contributed by atoms with Crippen LogP contribution >= 0.6 is 11.8 Å². The largest absolute Gasteiger partial charge is 0.785 e. The molecule has 6 heavy (non-hydrogen) atoms. The molecule has 1 fully saturated rings. The number of thioether (sulfide) groups is 1. The fourth-order valence-corrected chi connectivity index (χ4v) is 1.19. The highest BCUT2D eigenvalue weighted by Crippen LogP contribution is 2.09. The van der Waals surface area contributed by atoms with E-state index in [1.807, 2.05) is 0 Å². The summed E-state index contributed by atoms with van der Waals surface area (Å²) in [5, 5.41) is 11.2. The van der Waals surface area contributed by atoms with Gasteiger partial charge >= 0.3 is 0 Å². The summed E-state index contributed by atoms with van der Waals surface area (Å²) in [6.07, 6.45) is 0. The van der Waals surface area contributed by atoms with E-state index in [0.717, 1.165) is 17.4 Å². The van der Waals surface area contributed by atoms with Crippen molar-refractivity contribution in [2.75, 3.05) is 18.2 Å². The lowest BCUT2D eigenvalue weighted by molar-refractivity contribution is 0.493. The third-order valence-electron chi connectivity index (χ3n) is 0.720. The molecule has 1 aliphatic rings. The van der Waals surface area contributed by atoms with Crippen molar-refractivity contribution in [3.63, 3.8) is 0 Å². The molecule has 0 bridgehead atoms. The van der Waals surface area contributed by atoms with Gasteiger partial charge in [-0.2, -0.15) is 0 Å². The van der Waals surface area contributed by atoms with Gasteiger partial charge in [-0.1, -0.05) is 0 Å². The molecule has 1 aliphatic heterocycles. The van der Waals surface area contributed by atoms with Crippen LogP contribution < -0.4 is 0 Å². The number of hydrogen-bond acceptors (Lipinski definition) is 3. The Bertz CT molecular complexity index is 44.1. The topological polar surface area (TPSA) is 26.3 Å². The van der Waals surface area contributed by atoms with Gasteiger partial charge in [0.1, 0.15) is 0 Å². The second kappa shape index (κ2) is 1.82. The van der Waals surface area contributed by atoms with Crippen molar-refractivity contribution in [1.82, 2.24) is 5.06 Å². The Hall–Kier alpha value is 0.270. The molecule has 1 heterocycles. The summed E-state index contributed by atoms with van der Waals surface area (Å²) in [4.78, 5) is 0. The molecule has 3 heteroatoms. The molecule has 0 saturated carbocycles. The first-order valence-corrected chi connectivity index (χ1v) is 3.05. The first-order valence-electron chi connectivity index (χ1n) is 1.89. The molecule has 2 nitrogen and oxygen atoms in total. The van der Waals surface area contributed by atoms with Gasteiger partial charge in [-0.15, -0.1) is 11.8 Å². The van der Waals surface area contributed by atoms with Crippen molar-refractivity contribution in [1.29, 1.82) is 0 Å². The zero-order valence-electron chi connectivity index (χ0n) is 3.39. The fourth-order valence-electron chi connectivity index (χ4n) is 0.397.